The fourth-order valence-electron chi connectivity index (χ4n) is 2.96. The molecule has 0 spiro atoms. The standard InChI is InChI=1S/C20H16ClFN4O/c21-15-3-1-13(2-4-15)19-23-11-14-12-26(10-9-18(14)25-19)20(27)24-17-7-5-16(22)6-8-17/h1-8,11H,9-10,12H2,(H,24,27). The Bertz CT molecular complexity index is 976. The molecule has 1 aromatic heterocycles. The van der Waals surface area contributed by atoms with Gasteiger partial charge >= 0.3 is 6.03 Å². The predicted molar refractivity (Wildman–Crippen MR) is 102 cm³/mol. The van der Waals surface area contributed by atoms with Gasteiger partial charge in [-0.25, -0.2) is 19.2 Å². The fourth-order valence-corrected chi connectivity index (χ4v) is 3.09. The van der Waals surface area contributed by atoms with Crippen molar-refractivity contribution in [2.24, 2.45) is 0 Å². The van der Waals surface area contributed by atoms with Crippen LogP contribution in [0.25, 0.3) is 11.4 Å². The zero-order valence-corrected chi connectivity index (χ0v) is 15.1. The number of hydrogen-bond acceptors (Lipinski definition) is 3. The van der Waals surface area contributed by atoms with Gasteiger partial charge in [0.2, 0.25) is 0 Å². The predicted octanol–water partition coefficient (Wildman–Crippen LogP) is 4.53. The maximum absolute atomic E-state index is 13.0. The van der Waals surface area contributed by atoms with Crippen molar-refractivity contribution in [1.29, 1.82) is 0 Å². The number of urea groups is 1. The zero-order chi connectivity index (χ0) is 18.8. The number of nitrogens with one attached hydrogen (secondary N) is 1. The van der Waals surface area contributed by atoms with Crippen LogP contribution in [0, 0.1) is 5.82 Å². The molecule has 2 aromatic carbocycles. The van der Waals surface area contributed by atoms with Gasteiger partial charge < -0.3 is 10.2 Å². The number of aromatic nitrogens is 2. The van der Waals surface area contributed by atoms with Gasteiger partial charge in [0.05, 0.1) is 12.2 Å². The van der Waals surface area contributed by atoms with E-state index in [1.165, 1.54) is 24.3 Å². The molecule has 1 aliphatic rings. The van der Waals surface area contributed by atoms with Crippen molar-refractivity contribution in [2.45, 2.75) is 13.0 Å². The van der Waals surface area contributed by atoms with Gasteiger partial charge in [-0.05, 0) is 48.5 Å². The van der Waals surface area contributed by atoms with E-state index in [0.29, 0.717) is 36.0 Å². The number of carbonyl (C=O) groups excluding carboxylic acids is 1. The van der Waals surface area contributed by atoms with Crippen LogP contribution in [-0.2, 0) is 13.0 Å². The monoisotopic (exact) mass is 382 g/mol. The number of fused-ring (bicyclic) bond motifs is 1. The van der Waals surface area contributed by atoms with Gasteiger partial charge in [0, 0.05) is 41.0 Å². The van der Waals surface area contributed by atoms with Crippen LogP contribution in [0.5, 0.6) is 0 Å². The van der Waals surface area contributed by atoms with E-state index in [1.807, 2.05) is 12.1 Å². The van der Waals surface area contributed by atoms with Gasteiger partial charge in [0.25, 0.3) is 0 Å². The molecule has 0 saturated heterocycles. The second kappa shape index (κ2) is 7.32. The lowest BCUT2D eigenvalue weighted by Crippen LogP contribution is -2.39. The molecule has 7 heteroatoms. The number of benzene rings is 2. The lowest BCUT2D eigenvalue weighted by atomic mass is 10.1. The van der Waals surface area contributed by atoms with E-state index in [2.05, 4.69) is 15.3 Å². The first-order valence-electron chi connectivity index (χ1n) is 8.51. The molecule has 0 aliphatic carbocycles. The number of nitrogens with zero attached hydrogens (tertiary/aromatic N) is 3. The summed E-state index contributed by atoms with van der Waals surface area (Å²) in [6.07, 6.45) is 2.42. The van der Waals surface area contributed by atoms with Crippen molar-refractivity contribution in [2.75, 3.05) is 11.9 Å². The molecule has 0 saturated carbocycles. The van der Waals surface area contributed by atoms with Crippen LogP contribution in [0.4, 0.5) is 14.9 Å². The van der Waals surface area contributed by atoms with Crippen molar-refractivity contribution >= 4 is 23.3 Å². The summed E-state index contributed by atoms with van der Waals surface area (Å²) >= 11 is 5.92. The minimum atomic E-state index is -0.339. The van der Waals surface area contributed by atoms with Crippen molar-refractivity contribution < 1.29 is 9.18 Å². The molecule has 0 bridgehead atoms. The Morgan fingerprint density at radius 3 is 2.59 bits per heavy atom. The van der Waals surface area contributed by atoms with E-state index in [1.54, 1.807) is 23.2 Å². The van der Waals surface area contributed by atoms with Crippen molar-refractivity contribution in [3.05, 3.63) is 76.8 Å². The van der Waals surface area contributed by atoms with Crippen LogP contribution in [0.15, 0.2) is 54.7 Å². The third-order valence-electron chi connectivity index (χ3n) is 4.42. The quantitative estimate of drug-likeness (QED) is 0.708. The first-order chi connectivity index (χ1) is 13.1. The molecule has 3 aromatic rings. The minimum Gasteiger partial charge on any atom is -0.320 e. The Morgan fingerprint density at radius 2 is 1.85 bits per heavy atom. The molecule has 0 radical (unpaired) electrons. The third-order valence-corrected chi connectivity index (χ3v) is 4.67. The summed E-state index contributed by atoms with van der Waals surface area (Å²) in [6.45, 7) is 0.986. The normalized spacial score (nSPS) is 13.2. The third kappa shape index (κ3) is 3.90. The second-order valence-electron chi connectivity index (χ2n) is 6.28. The summed E-state index contributed by atoms with van der Waals surface area (Å²) < 4.78 is 13.0. The van der Waals surface area contributed by atoms with Gasteiger partial charge in [-0.3, -0.25) is 0 Å². The maximum atomic E-state index is 13.0. The van der Waals surface area contributed by atoms with Gasteiger partial charge in [-0.2, -0.15) is 0 Å². The molecule has 0 atom stereocenters. The minimum absolute atomic E-state index is 0.228. The molecule has 2 amide bonds. The summed E-state index contributed by atoms with van der Waals surface area (Å²) in [5, 5.41) is 3.45. The van der Waals surface area contributed by atoms with Crippen LogP contribution in [0.1, 0.15) is 11.3 Å². The molecule has 4 rings (SSSR count). The average Bonchev–Trinajstić information content (AvgIpc) is 2.69. The second-order valence-corrected chi connectivity index (χ2v) is 6.72. The topological polar surface area (TPSA) is 58.1 Å². The van der Waals surface area contributed by atoms with Gasteiger partial charge in [0.15, 0.2) is 5.82 Å². The molecule has 1 N–H and O–H groups in total. The summed E-state index contributed by atoms with van der Waals surface area (Å²) in [5.74, 6) is 0.308. The van der Waals surface area contributed by atoms with E-state index < -0.39 is 0 Å². The number of halogens is 2. The molecule has 27 heavy (non-hydrogen) atoms. The molecule has 136 valence electrons. The highest BCUT2D eigenvalue weighted by atomic mass is 35.5. The molecular formula is C20H16ClFN4O. The molecule has 5 nitrogen and oxygen atoms in total. The number of hydrogen-bond donors (Lipinski definition) is 1. The average molecular weight is 383 g/mol. The largest absolute Gasteiger partial charge is 0.322 e. The lowest BCUT2D eigenvalue weighted by molar-refractivity contribution is 0.206. The maximum Gasteiger partial charge on any atom is 0.322 e. The first-order valence-corrected chi connectivity index (χ1v) is 8.88. The number of anilines is 1. The van der Waals surface area contributed by atoms with Gasteiger partial charge in [-0.15, -0.1) is 0 Å². The van der Waals surface area contributed by atoms with Crippen LogP contribution < -0.4 is 5.32 Å². The highest BCUT2D eigenvalue weighted by Gasteiger charge is 2.22. The van der Waals surface area contributed by atoms with Gasteiger partial charge in [-0.1, -0.05) is 11.6 Å². The Balaban J connectivity index is 1.47. The summed E-state index contributed by atoms with van der Waals surface area (Å²) in [4.78, 5) is 23.2. The summed E-state index contributed by atoms with van der Waals surface area (Å²) in [6, 6.07) is 12.8. The molecule has 0 unspecified atom stereocenters. The van der Waals surface area contributed by atoms with Crippen LogP contribution >= 0.6 is 11.6 Å². The van der Waals surface area contributed by atoms with Gasteiger partial charge in [0.1, 0.15) is 5.82 Å². The molecule has 2 heterocycles. The van der Waals surface area contributed by atoms with Crippen molar-refractivity contribution in [3.63, 3.8) is 0 Å². The van der Waals surface area contributed by atoms with E-state index in [-0.39, 0.29) is 11.8 Å². The van der Waals surface area contributed by atoms with Crippen LogP contribution in [0.3, 0.4) is 0 Å². The Hall–Kier alpha value is -2.99. The fraction of sp³-hybridized carbons (Fsp3) is 0.150. The van der Waals surface area contributed by atoms with E-state index >= 15 is 0 Å². The SMILES string of the molecule is O=C(Nc1ccc(F)cc1)N1CCc2nc(-c3ccc(Cl)cc3)ncc2C1. The van der Waals surface area contributed by atoms with Crippen LogP contribution in [-0.4, -0.2) is 27.4 Å². The van der Waals surface area contributed by atoms with E-state index in [0.717, 1.165) is 16.8 Å². The van der Waals surface area contributed by atoms with Crippen LogP contribution in [0.2, 0.25) is 5.02 Å². The smallest absolute Gasteiger partial charge is 0.320 e. The molecular weight excluding hydrogens is 367 g/mol. The Labute approximate surface area is 160 Å². The zero-order valence-electron chi connectivity index (χ0n) is 14.3. The number of rotatable bonds is 2. The lowest BCUT2D eigenvalue weighted by Gasteiger charge is -2.28. The van der Waals surface area contributed by atoms with Crippen molar-refractivity contribution in [3.8, 4) is 11.4 Å². The Kier molecular flexibility index (Phi) is 4.73. The van der Waals surface area contributed by atoms with E-state index in [9.17, 15) is 9.18 Å². The number of carbonyl (C=O) groups is 1. The number of amides is 2. The summed E-state index contributed by atoms with van der Waals surface area (Å²) in [5.41, 5.74) is 3.33. The molecule has 1 aliphatic heterocycles. The summed E-state index contributed by atoms with van der Waals surface area (Å²) in [7, 11) is 0. The highest BCUT2D eigenvalue weighted by molar-refractivity contribution is 6.30. The first kappa shape index (κ1) is 17.4. The van der Waals surface area contributed by atoms with Crippen molar-refractivity contribution in [1.82, 2.24) is 14.9 Å². The molecule has 0 fully saturated rings. The highest BCUT2D eigenvalue weighted by Crippen LogP contribution is 2.23. The Morgan fingerprint density at radius 1 is 1.11 bits per heavy atom. The van der Waals surface area contributed by atoms with E-state index in [4.69, 9.17) is 11.6 Å².